The fraction of sp³-hybridized carbons (Fsp3) is 0.350. The predicted molar refractivity (Wildman–Crippen MR) is 97.9 cm³/mol. The lowest BCUT2D eigenvalue weighted by Crippen LogP contribution is -2.28. The molecule has 1 fully saturated rings. The molecule has 0 spiro atoms. The van der Waals surface area contributed by atoms with E-state index in [0.29, 0.717) is 13.1 Å². The molecule has 28 heavy (non-hydrogen) atoms. The number of amides is 1. The Morgan fingerprint density at radius 3 is 2.64 bits per heavy atom. The van der Waals surface area contributed by atoms with E-state index in [0.717, 1.165) is 42.1 Å². The fourth-order valence-electron chi connectivity index (χ4n) is 3.74. The smallest absolute Gasteiger partial charge is 0.338 e. The molecule has 4 rings (SSSR count). The zero-order chi connectivity index (χ0) is 19.9. The van der Waals surface area contributed by atoms with Crippen LogP contribution in [0.4, 0.5) is 13.2 Å². The Bertz CT molecular complexity index is 1010. The molecule has 0 unspecified atom stereocenters. The Morgan fingerprint density at radius 2 is 1.96 bits per heavy atom. The molecule has 8 heteroatoms. The molecule has 1 aliphatic rings. The fourth-order valence-corrected chi connectivity index (χ4v) is 3.74. The van der Waals surface area contributed by atoms with Gasteiger partial charge in [0.05, 0.1) is 5.56 Å². The lowest BCUT2D eigenvalue weighted by Gasteiger charge is -2.17. The van der Waals surface area contributed by atoms with Crippen molar-refractivity contribution < 1.29 is 18.0 Å². The van der Waals surface area contributed by atoms with Gasteiger partial charge in [0, 0.05) is 37.3 Å². The number of carbonyl (C=O) groups excluding carboxylic acids is 1. The number of likely N-dealkylation sites (tertiary alicyclic amines) is 1. The molecule has 146 valence electrons. The maximum Gasteiger partial charge on any atom is 0.416 e. The average Bonchev–Trinajstić information content (AvgIpc) is 3.31. The summed E-state index contributed by atoms with van der Waals surface area (Å²) in [5.74, 6) is 0.722. The molecular formula is C20H19F3N4O. The molecular weight excluding hydrogens is 369 g/mol. The summed E-state index contributed by atoms with van der Waals surface area (Å²) in [6.45, 7) is 3.79. The minimum absolute atomic E-state index is 0.0764. The lowest BCUT2D eigenvalue weighted by atomic mass is 10.1. The van der Waals surface area contributed by atoms with E-state index in [1.165, 1.54) is 12.1 Å². The van der Waals surface area contributed by atoms with Gasteiger partial charge < -0.3 is 9.47 Å². The number of benzene rings is 1. The van der Waals surface area contributed by atoms with Crippen LogP contribution >= 0.6 is 0 Å². The quantitative estimate of drug-likeness (QED) is 0.679. The predicted octanol–water partition coefficient (Wildman–Crippen LogP) is 4.10. The molecule has 3 aromatic rings. The van der Waals surface area contributed by atoms with Gasteiger partial charge in [0.25, 0.3) is 5.91 Å². The number of pyridine rings is 1. The number of fused-ring (bicyclic) bond motifs is 1. The first kappa shape index (κ1) is 18.5. The normalized spacial score (nSPS) is 17.4. The molecule has 1 atom stereocenters. The molecule has 0 radical (unpaired) electrons. The van der Waals surface area contributed by atoms with Crippen LogP contribution in [0, 0.1) is 0 Å². The summed E-state index contributed by atoms with van der Waals surface area (Å²) < 4.78 is 40.2. The van der Waals surface area contributed by atoms with Gasteiger partial charge in [-0.05, 0) is 49.7 Å². The van der Waals surface area contributed by atoms with Crippen LogP contribution in [0.15, 0.2) is 42.6 Å². The zero-order valence-electron chi connectivity index (χ0n) is 15.3. The van der Waals surface area contributed by atoms with Crippen LogP contribution in [-0.4, -0.2) is 38.4 Å². The van der Waals surface area contributed by atoms with Crippen molar-refractivity contribution in [1.29, 1.82) is 0 Å². The maximum absolute atomic E-state index is 12.7. The number of carbonyl (C=O) groups is 1. The zero-order valence-corrected chi connectivity index (χ0v) is 15.3. The molecule has 0 N–H and O–H groups in total. The third kappa shape index (κ3) is 3.23. The first-order valence-corrected chi connectivity index (χ1v) is 9.16. The van der Waals surface area contributed by atoms with Crippen molar-refractivity contribution >= 4 is 17.1 Å². The minimum atomic E-state index is -4.41. The first-order valence-electron chi connectivity index (χ1n) is 9.16. The average molecular weight is 388 g/mol. The van der Waals surface area contributed by atoms with Crippen LogP contribution in [0.3, 0.4) is 0 Å². The number of nitrogens with zero attached hydrogens (tertiary/aromatic N) is 4. The second kappa shape index (κ2) is 6.92. The number of rotatable bonds is 3. The topological polar surface area (TPSA) is 51.0 Å². The van der Waals surface area contributed by atoms with E-state index in [9.17, 15) is 18.0 Å². The summed E-state index contributed by atoms with van der Waals surface area (Å²) in [6.07, 6.45) is -1.92. The summed E-state index contributed by atoms with van der Waals surface area (Å²) in [5.41, 5.74) is 1.16. The van der Waals surface area contributed by atoms with Gasteiger partial charge in [-0.2, -0.15) is 13.2 Å². The van der Waals surface area contributed by atoms with E-state index in [1.807, 2.05) is 19.1 Å². The second-order valence-corrected chi connectivity index (χ2v) is 6.87. The third-order valence-corrected chi connectivity index (χ3v) is 5.15. The number of hydrogen-bond donors (Lipinski definition) is 0. The van der Waals surface area contributed by atoms with Gasteiger partial charge in [0.2, 0.25) is 0 Å². The summed E-state index contributed by atoms with van der Waals surface area (Å²) in [5, 5.41) is 0. The van der Waals surface area contributed by atoms with Gasteiger partial charge >= 0.3 is 6.18 Å². The van der Waals surface area contributed by atoms with E-state index in [2.05, 4.69) is 9.55 Å². The first-order chi connectivity index (χ1) is 13.4. The monoisotopic (exact) mass is 388 g/mol. The van der Waals surface area contributed by atoms with E-state index >= 15 is 0 Å². The highest BCUT2D eigenvalue weighted by molar-refractivity contribution is 5.94. The highest BCUT2D eigenvalue weighted by Crippen LogP contribution is 2.31. The number of aromatic nitrogens is 3. The lowest BCUT2D eigenvalue weighted by molar-refractivity contribution is -0.137. The van der Waals surface area contributed by atoms with Crippen LogP contribution in [-0.2, 0) is 12.7 Å². The Kier molecular flexibility index (Phi) is 4.56. The number of aryl methyl sites for hydroxylation is 1. The Labute approximate surface area is 159 Å². The largest absolute Gasteiger partial charge is 0.416 e. The standard InChI is InChI=1S/C20H19F3N4O/c1-2-27-17(25-16-4-3-10-24-18(16)27)14-9-11-26(12-14)19(28)13-5-7-15(8-6-13)20(21,22)23/h3-8,10,14H,2,9,11-12H2,1H3/t14-/m1/s1. The minimum Gasteiger partial charge on any atom is -0.338 e. The second-order valence-electron chi connectivity index (χ2n) is 6.87. The van der Waals surface area contributed by atoms with E-state index in [1.54, 1.807) is 11.1 Å². The summed E-state index contributed by atoms with van der Waals surface area (Å²) >= 11 is 0. The molecule has 0 aliphatic carbocycles. The molecule has 1 saturated heterocycles. The van der Waals surface area contributed by atoms with Gasteiger partial charge in [-0.15, -0.1) is 0 Å². The highest BCUT2D eigenvalue weighted by atomic mass is 19.4. The molecule has 0 bridgehead atoms. The van der Waals surface area contributed by atoms with Crippen molar-refractivity contribution in [2.75, 3.05) is 13.1 Å². The molecule has 5 nitrogen and oxygen atoms in total. The molecule has 2 aromatic heterocycles. The van der Waals surface area contributed by atoms with Crippen molar-refractivity contribution in [3.8, 4) is 0 Å². The van der Waals surface area contributed by atoms with Crippen LogP contribution in [0.5, 0.6) is 0 Å². The molecule has 0 saturated carbocycles. The number of alkyl halides is 3. The Morgan fingerprint density at radius 1 is 1.21 bits per heavy atom. The highest BCUT2D eigenvalue weighted by Gasteiger charge is 2.33. The molecule has 1 aliphatic heterocycles. The van der Waals surface area contributed by atoms with Crippen LogP contribution in [0.1, 0.15) is 41.0 Å². The molecule has 1 amide bonds. The molecule has 1 aromatic carbocycles. The van der Waals surface area contributed by atoms with Crippen molar-refractivity contribution in [3.05, 3.63) is 59.5 Å². The summed E-state index contributed by atoms with van der Waals surface area (Å²) in [7, 11) is 0. The molecule has 3 heterocycles. The summed E-state index contributed by atoms with van der Waals surface area (Å²) in [4.78, 5) is 23.5. The Balaban J connectivity index is 1.53. The van der Waals surface area contributed by atoms with Gasteiger partial charge in [-0.1, -0.05) is 0 Å². The van der Waals surface area contributed by atoms with Gasteiger partial charge in [-0.3, -0.25) is 4.79 Å². The van der Waals surface area contributed by atoms with E-state index < -0.39 is 11.7 Å². The van der Waals surface area contributed by atoms with Gasteiger partial charge in [0.15, 0.2) is 5.65 Å². The maximum atomic E-state index is 12.7. The van der Waals surface area contributed by atoms with Crippen LogP contribution in [0.2, 0.25) is 0 Å². The SMILES string of the molecule is CCn1c([C@@H]2CCN(C(=O)c3ccc(C(F)(F)F)cc3)C2)nc2cccnc21. The van der Waals surface area contributed by atoms with Crippen LogP contribution in [0.25, 0.3) is 11.2 Å². The van der Waals surface area contributed by atoms with Gasteiger partial charge in [-0.25, -0.2) is 9.97 Å². The van der Waals surface area contributed by atoms with Crippen molar-refractivity contribution in [3.63, 3.8) is 0 Å². The van der Waals surface area contributed by atoms with Crippen molar-refractivity contribution in [2.24, 2.45) is 0 Å². The van der Waals surface area contributed by atoms with Gasteiger partial charge in [0.1, 0.15) is 11.3 Å². The van der Waals surface area contributed by atoms with Crippen molar-refractivity contribution in [2.45, 2.75) is 32.0 Å². The van der Waals surface area contributed by atoms with Crippen LogP contribution < -0.4 is 0 Å². The third-order valence-electron chi connectivity index (χ3n) is 5.15. The van der Waals surface area contributed by atoms with E-state index in [4.69, 9.17) is 4.98 Å². The number of imidazole rings is 1. The Hall–Kier alpha value is -2.90. The van der Waals surface area contributed by atoms with Crippen molar-refractivity contribution in [1.82, 2.24) is 19.4 Å². The van der Waals surface area contributed by atoms with E-state index in [-0.39, 0.29) is 17.4 Å². The number of halogens is 3. The summed E-state index contributed by atoms with van der Waals surface area (Å²) in [6, 6.07) is 8.13. The number of hydrogen-bond acceptors (Lipinski definition) is 3.